The van der Waals surface area contributed by atoms with Crippen LogP contribution in [-0.2, 0) is 10.5 Å². The number of halogens is 1. The van der Waals surface area contributed by atoms with Crippen molar-refractivity contribution >= 4 is 29.3 Å². The monoisotopic (exact) mass is 393 g/mol. The van der Waals surface area contributed by atoms with Gasteiger partial charge in [0.05, 0.1) is 7.11 Å². The number of nitrogens with one attached hydrogen (secondary N) is 1. The van der Waals surface area contributed by atoms with E-state index in [0.717, 1.165) is 16.5 Å². The topological polar surface area (TPSA) is 47.6 Å². The number of amides is 1. The standard InChI is InChI=1S/C20H24ClNO3S/c1-3-17(25-19-7-5-4-6-18(19)24-2)20(23)22-12-13-26-14-15-8-10-16(21)11-9-15/h4-11,17H,3,12-14H2,1-2H3,(H,22,23)/t17-/m1/s1. The summed E-state index contributed by atoms with van der Waals surface area (Å²) in [4.78, 5) is 12.3. The number of hydrogen-bond donors (Lipinski definition) is 1. The number of benzene rings is 2. The van der Waals surface area contributed by atoms with Crippen molar-refractivity contribution in [2.45, 2.75) is 25.2 Å². The van der Waals surface area contributed by atoms with E-state index in [-0.39, 0.29) is 5.91 Å². The number of para-hydroxylation sites is 2. The summed E-state index contributed by atoms with van der Waals surface area (Å²) in [6, 6.07) is 15.1. The number of rotatable bonds is 10. The highest BCUT2D eigenvalue weighted by Crippen LogP contribution is 2.27. The predicted octanol–water partition coefficient (Wildman–Crippen LogP) is 4.56. The van der Waals surface area contributed by atoms with Gasteiger partial charge in [-0.1, -0.05) is 42.8 Å². The molecule has 26 heavy (non-hydrogen) atoms. The molecule has 0 aliphatic rings. The maximum atomic E-state index is 12.3. The summed E-state index contributed by atoms with van der Waals surface area (Å²) in [6.07, 6.45) is 0.0505. The number of thioether (sulfide) groups is 1. The molecule has 0 aliphatic heterocycles. The summed E-state index contributed by atoms with van der Waals surface area (Å²) in [5.41, 5.74) is 1.22. The van der Waals surface area contributed by atoms with Crippen molar-refractivity contribution < 1.29 is 14.3 Å². The third kappa shape index (κ3) is 6.46. The molecule has 1 amide bonds. The molecule has 0 heterocycles. The van der Waals surface area contributed by atoms with Crippen LogP contribution < -0.4 is 14.8 Å². The Bertz CT molecular complexity index is 694. The number of carbonyl (C=O) groups is 1. The molecule has 0 fully saturated rings. The molecule has 140 valence electrons. The molecule has 0 saturated heterocycles. The van der Waals surface area contributed by atoms with Crippen LogP contribution >= 0.6 is 23.4 Å². The second-order valence-electron chi connectivity index (χ2n) is 5.64. The third-order valence-corrected chi connectivity index (χ3v) is 5.01. The van der Waals surface area contributed by atoms with Crippen LogP contribution in [0.1, 0.15) is 18.9 Å². The Morgan fingerprint density at radius 2 is 1.85 bits per heavy atom. The summed E-state index contributed by atoms with van der Waals surface area (Å²) in [5, 5.41) is 3.68. The smallest absolute Gasteiger partial charge is 0.261 e. The average molecular weight is 394 g/mol. The van der Waals surface area contributed by atoms with Gasteiger partial charge in [0, 0.05) is 23.1 Å². The summed E-state index contributed by atoms with van der Waals surface area (Å²) >= 11 is 7.64. The Balaban J connectivity index is 1.73. The van der Waals surface area contributed by atoms with Crippen LogP contribution in [0.15, 0.2) is 48.5 Å². The van der Waals surface area contributed by atoms with Crippen molar-refractivity contribution in [3.63, 3.8) is 0 Å². The Morgan fingerprint density at radius 1 is 1.15 bits per heavy atom. The first-order valence-corrected chi connectivity index (χ1v) is 10.1. The van der Waals surface area contributed by atoms with Gasteiger partial charge in [-0.3, -0.25) is 4.79 Å². The lowest BCUT2D eigenvalue weighted by Gasteiger charge is -2.18. The van der Waals surface area contributed by atoms with Gasteiger partial charge >= 0.3 is 0 Å². The van der Waals surface area contributed by atoms with Crippen LogP contribution in [0.3, 0.4) is 0 Å². The van der Waals surface area contributed by atoms with Gasteiger partial charge in [0.2, 0.25) is 0 Å². The number of ether oxygens (including phenoxy) is 2. The van der Waals surface area contributed by atoms with Gasteiger partial charge in [0.1, 0.15) is 0 Å². The molecule has 0 spiro atoms. The van der Waals surface area contributed by atoms with E-state index >= 15 is 0 Å². The first-order chi connectivity index (χ1) is 12.6. The zero-order valence-electron chi connectivity index (χ0n) is 15.0. The van der Waals surface area contributed by atoms with Crippen molar-refractivity contribution in [2.75, 3.05) is 19.4 Å². The fourth-order valence-electron chi connectivity index (χ4n) is 2.32. The maximum Gasteiger partial charge on any atom is 0.261 e. The summed E-state index contributed by atoms with van der Waals surface area (Å²) in [6.45, 7) is 2.53. The zero-order chi connectivity index (χ0) is 18.8. The highest BCUT2D eigenvalue weighted by atomic mass is 35.5. The molecule has 1 atom stereocenters. The summed E-state index contributed by atoms with van der Waals surface area (Å²) in [5.74, 6) is 2.82. The predicted molar refractivity (Wildman–Crippen MR) is 108 cm³/mol. The second kappa shape index (κ2) is 11.0. The zero-order valence-corrected chi connectivity index (χ0v) is 16.6. The summed E-state index contributed by atoms with van der Waals surface area (Å²) in [7, 11) is 1.58. The lowest BCUT2D eigenvalue weighted by Crippen LogP contribution is -2.39. The molecule has 2 aromatic carbocycles. The third-order valence-electron chi connectivity index (χ3n) is 3.73. The summed E-state index contributed by atoms with van der Waals surface area (Å²) < 4.78 is 11.1. The minimum absolute atomic E-state index is 0.106. The lowest BCUT2D eigenvalue weighted by molar-refractivity contribution is -0.128. The van der Waals surface area contributed by atoms with Gasteiger partial charge < -0.3 is 14.8 Å². The molecule has 0 unspecified atom stereocenters. The molecule has 0 aliphatic carbocycles. The highest BCUT2D eigenvalue weighted by Gasteiger charge is 2.19. The molecule has 0 aromatic heterocycles. The van der Waals surface area contributed by atoms with Gasteiger partial charge in [-0.15, -0.1) is 0 Å². The van der Waals surface area contributed by atoms with Crippen LogP contribution in [0, 0.1) is 0 Å². The molecular weight excluding hydrogens is 370 g/mol. The van der Waals surface area contributed by atoms with E-state index in [2.05, 4.69) is 5.32 Å². The van der Waals surface area contributed by atoms with E-state index in [9.17, 15) is 4.79 Å². The van der Waals surface area contributed by atoms with Crippen molar-refractivity contribution in [3.05, 3.63) is 59.1 Å². The van der Waals surface area contributed by atoms with Crippen molar-refractivity contribution in [1.82, 2.24) is 5.32 Å². The van der Waals surface area contributed by atoms with Gasteiger partial charge in [0.15, 0.2) is 17.6 Å². The highest BCUT2D eigenvalue weighted by molar-refractivity contribution is 7.98. The first kappa shape index (κ1) is 20.5. The van der Waals surface area contributed by atoms with Gasteiger partial charge in [-0.25, -0.2) is 0 Å². The van der Waals surface area contributed by atoms with Gasteiger partial charge in [-0.05, 0) is 36.2 Å². The number of methoxy groups -OCH3 is 1. The van der Waals surface area contributed by atoms with Crippen LogP contribution in [0.25, 0.3) is 0 Å². The van der Waals surface area contributed by atoms with E-state index in [0.29, 0.717) is 24.5 Å². The molecule has 0 bridgehead atoms. The van der Waals surface area contributed by atoms with Crippen molar-refractivity contribution in [3.8, 4) is 11.5 Å². The SMILES string of the molecule is CC[C@@H](Oc1ccccc1OC)C(=O)NCCSCc1ccc(Cl)cc1. The normalized spacial score (nSPS) is 11.7. The molecule has 0 saturated carbocycles. The second-order valence-corrected chi connectivity index (χ2v) is 7.18. The maximum absolute atomic E-state index is 12.3. The van der Waals surface area contributed by atoms with Crippen LogP contribution in [0.4, 0.5) is 0 Å². The largest absolute Gasteiger partial charge is 0.493 e. The fraction of sp³-hybridized carbons (Fsp3) is 0.350. The molecule has 6 heteroatoms. The Morgan fingerprint density at radius 3 is 2.50 bits per heavy atom. The van der Waals surface area contributed by atoms with Crippen LogP contribution in [-0.4, -0.2) is 31.4 Å². The molecule has 1 N–H and O–H groups in total. The van der Waals surface area contributed by atoms with Crippen molar-refractivity contribution in [1.29, 1.82) is 0 Å². The van der Waals surface area contributed by atoms with Crippen LogP contribution in [0.2, 0.25) is 5.02 Å². The van der Waals surface area contributed by atoms with Crippen molar-refractivity contribution in [2.24, 2.45) is 0 Å². The van der Waals surface area contributed by atoms with E-state index in [1.807, 2.05) is 49.4 Å². The average Bonchev–Trinajstić information content (AvgIpc) is 2.67. The number of hydrogen-bond acceptors (Lipinski definition) is 4. The van der Waals surface area contributed by atoms with E-state index in [4.69, 9.17) is 21.1 Å². The van der Waals surface area contributed by atoms with E-state index in [1.165, 1.54) is 5.56 Å². The van der Waals surface area contributed by atoms with E-state index < -0.39 is 6.10 Å². The Labute approximate surface area is 164 Å². The molecule has 4 nitrogen and oxygen atoms in total. The first-order valence-electron chi connectivity index (χ1n) is 8.53. The lowest BCUT2D eigenvalue weighted by atomic mass is 10.2. The van der Waals surface area contributed by atoms with E-state index in [1.54, 1.807) is 24.9 Å². The minimum Gasteiger partial charge on any atom is -0.493 e. The fourth-order valence-corrected chi connectivity index (χ4v) is 3.27. The number of carbonyl (C=O) groups excluding carboxylic acids is 1. The Kier molecular flexibility index (Phi) is 8.65. The quantitative estimate of drug-likeness (QED) is 0.601. The van der Waals surface area contributed by atoms with Gasteiger partial charge in [0.25, 0.3) is 5.91 Å². The van der Waals surface area contributed by atoms with Gasteiger partial charge in [-0.2, -0.15) is 11.8 Å². The molecule has 0 radical (unpaired) electrons. The molecular formula is C20H24ClNO3S. The Hall–Kier alpha value is -1.85. The minimum atomic E-state index is -0.535. The molecule has 2 rings (SSSR count). The van der Waals surface area contributed by atoms with Crippen LogP contribution in [0.5, 0.6) is 11.5 Å². The molecule has 2 aromatic rings.